The van der Waals surface area contributed by atoms with E-state index >= 15 is 0 Å². The zero-order valence-electron chi connectivity index (χ0n) is 13.4. The molecule has 0 amide bonds. The maximum Gasteiger partial charge on any atom is 0.123 e. The summed E-state index contributed by atoms with van der Waals surface area (Å²) in [5, 5.41) is 0. The minimum Gasteiger partial charge on any atom is -0.486 e. The van der Waals surface area contributed by atoms with Crippen molar-refractivity contribution in [2.24, 2.45) is 5.73 Å². The van der Waals surface area contributed by atoms with Gasteiger partial charge >= 0.3 is 0 Å². The quantitative estimate of drug-likeness (QED) is 0.946. The fourth-order valence-electron chi connectivity index (χ4n) is 4.16. The van der Waals surface area contributed by atoms with Crippen molar-refractivity contribution in [3.05, 3.63) is 65.7 Å². The van der Waals surface area contributed by atoms with Gasteiger partial charge in [0.1, 0.15) is 11.4 Å². The molecule has 0 bridgehead atoms. The van der Waals surface area contributed by atoms with Crippen molar-refractivity contribution < 1.29 is 4.74 Å². The molecule has 0 radical (unpaired) electrons. The lowest BCUT2D eigenvalue weighted by Crippen LogP contribution is -2.50. The summed E-state index contributed by atoms with van der Waals surface area (Å²) in [6.07, 6.45) is 2.10. The Kier molecular flexibility index (Phi) is 3.83. The summed E-state index contributed by atoms with van der Waals surface area (Å²) in [6.45, 7) is 3.83. The molecule has 4 rings (SSSR count). The second kappa shape index (κ2) is 5.99. The number of ether oxygens (including phenoxy) is 1. The van der Waals surface area contributed by atoms with Crippen molar-refractivity contribution >= 4 is 0 Å². The van der Waals surface area contributed by atoms with E-state index in [0.29, 0.717) is 12.5 Å². The first-order valence-corrected chi connectivity index (χ1v) is 8.55. The van der Waals surface area contributed by atoms with Crippen LogP contribution in [0.3, 0.4) is 0 Å². The van der Waals surface area contributed by atoms with Gasteiger partial charge in [-0.15, -0.1) is 0 Å². The Bertz CT molecular complexity index is 662. The van der Waals surface area contributed by atoms with Gasteiger partial charge in [-0.3, -0.25) is 4.90 Å². The van der Waals surface area contributed by atoms with Crippen LogP contribution in [-0.4, -0.2) is 30.1 Å². The van der Waals surface area contributed by atoms with Crippen molar-refractivity contribution in [1.29, 1.82) is 0 Å². The van der Waals surface area contributed by atoms with Gasteiger partial charge in [-0.1, -0.05) is 48.5 Å². The fourth-order valence-corrected chi connectivity index (χ4v) is 4.16. The van der Waals surface area contributed by atoms with Crippen LogP contribution >= 0.6 is 0 Å². The molecule has 3 heteroatoms. The molecule has 0 saturated carbocycles. The maximum absolute atomic E-state index is 6.43. The van der Waals surface area contributed by atoms with Gasteiger partial charge in [0.2, 0.25) is 0 Å². The molecule has 23 heavy (non-hydrogen) atoms. The Morgan fingerprint density at radius 2 is 1.70 bits per heavy atom. The highest BCUT2D eigenvalue weighted by Crippen LogP contribution is 2.49. The summed E-state index contributed by atoms with van der Waals surface area (Å²) in [5.41, 5.74) is 8.71. The zero-order chi connectivity index (χ0) is 15.7. The Morgan fingerprint density at radius 1 is 1.00 bits per heavy atom. The van der Waals surface area contributed by atoms with Crippen LogP contribution in [0.15, 0.2) is 54.6 Å². The molecule has 2 aliphatic heterocycles. The monoisotopic (exact) mass is 308 g/mol. The van der Waals surface area contributed by atoms with E-state index in [9.17, 15) is 0 Å². The van der Waals surface area contributed by atoms with Gasteiger partial charge in [0.05, 0.1) is 0 Å². The first kappa shape index (κ1) is 14.7. The Labute approximate surface area is 138 Å². The standard InChI is InChI=1S/C20H24N2O/c21-14-18-17-8-4-5-9-19(17)23-20(18)10-12-22(13-11-20)15-16-6-2-1-3-7-16/h1-9,18H,10-15,21H2. The van der Waals surface area contributed by atoms with Crippen LogP contribution < -0.4 is 10.5 Å². The molecule has 0 aliphatic carbocycles. The molecule has 2 N–H and O–H groups in total. The van der Waals surface area contributed by atoms with Crippen LogP contribution in [0.25, 0.3) is 0 Å². The van der Waals surface area contributed by atoms with Crippen LogP contribution in [0.2, 0.25) is 0 Å². The highest BCUT2D eigenvalue weighted by molar-refractivity contribution is 5.43. The second-order valence-electron chi connectivity index (χ2n) is 6.75. The second-order valence-corrected chi connectivity index (χ2v) is 6.75. The minimum atomic E-state index is -0.0916. The predicted octanol–water partition coefficient (Wildman–Crippen LogP) is 3.16. The van der Waals surface area contributed by atoms with E-state index in [1.54, 1.807) is 0 Å². The van der Waals surface area contributed by atoms with Gasteiger partial charge in [0, 0.05) is 50.5 Å². The lowest BCUT2D eigenvalue weighted by atomic mass is 9.77. The number of nitrogens with zero attached hydrogens (tertiary/aromatic N) is 1. The lowest BCUT2D eigenvalue weighted by Gasteiger charge is -2.42. The molecule has 2 aromatic rings. The van der Waals surface area contributed by atoms with E-state index < -0.39 is 0 Å². The van der Waals surface area contributed by atoms with Crippen molar-refractivity contribution in [3.63, 3.8) is 0 Å². The lowest BCUT2D eigenvalue weighted by molar-refractivity contribution is -0.000588. The number of para-hydroxylation sites is 1. The number of likely N-dealkylation sites (tertiary alicyclic amines) is 1. The number of fused-ring (bicyclic) bond motifs is 1. The first-order chi connectivity index (χ1) is 11.3. The highest BCUT2D eigenvalue weighted by Gasteiger charge is 2.49. The van der Waals surface area contributed by atoms with Gasteiger partial charge in [0.15, 0.2) is 0 Å². The Hall–Kier alpha value is -1.84. The van der Waals surface area contributed by atoms with Crippen LogP contribution in [0.5, 0.6) is 5.75 Å². The van der Waals surface area contributed by atoms with Crippen LogP contribution in [0.4, 0.5) is 0 Å². The number of hydrogen-bond acceptors (Lipinski definition) is 3. The number of nitrogens with two attached hydrogens (primary N) is 1. The smallest absolute Gasteiger partial charge is 0.123 e. The predicted molar refractivity (Wildman–Crippen MR) is 92.5 cm³/mol. The number of benzene rings is 2. The Balaban J connectivity index is 1.47. The van der Waals surface area contributed by atoms with Crippen LogP contribution in [-0.2, 0) is 6.54 Å². The molecule has 2 heterocycles. The molecule has 1 spiro atoms. The normalized spacial score (nSPS) is 22.7. The number of piperidine rings is 1. The summed E-state index contributed by atoms with van der Waals surface area (Å²) in [7, 11) is 0. The first-order valence-electron chi connectivity index (χ1n) is 8.55. The summed E-state index contributed by atoms with van der Waals surface area (Å²) in [4.78, 5) is 2.53. The van der Waals surface area contributed by atoms with E-state index in [0.717, 1.165) is 38.2 Å². The third kappa shape index (κ3) is 2.64. The summed E-state index contributed by atoms with van der Waals surface area (Å²) in [6, 6.07) is 19.1. The molecule has 2 aliphatic rings. The van der Waals surface area contributed by atoms with Crippen molar-refractivity contribution in [2.75, 3.05) is 19.6 Å². The molecule has 3 nitrogen and oxygen atoms in total. The topological polar surface area (TPSA) is 38.5 Å². The molecule has 120 valence electrons. The largest absolute Gasteiger partial charge is 0.486 e. The molecular weight excluding hydrogens is 284 g/mol. The van der Waals surface area contributed by atoms with Crippen molar-refractivity contribution in [3.8, 4) is 5.75 Å². The number of hydrogen-bond donors (Lipinski definition) is 1. The van der Waals surface area contributed by atoms with E-state index in [-0.39, 0.29) is 5.60 Å². The highest BCUT2D eigenvalue weighted by atomic mass is 16.5. The van der Waals surface area contributed by atoms with Gasteiger partial charge in [-0.2, -0.15) is 0 Å². The Morgan fingerprint density at radius 3 is 2.43 bits per heavy atom. The van der Waals surface area contributed by atoms with E-state index in [4.69, 9.17) is 10.5 Å². The van der Waals surface area contributed by atoms with Gasteiger partial charge in [0.25, 0.3) is 0 Å². The molecule has 0 aromatic heterocycles. The summed E-state index contributed by atoms with van der Waals surface area (Å²) < 4.78 is 6.43. The molecule has 1 saturated heterocycles. The van der Waals surface area contributed by atoms with Gasteiger partial charge in [-0.05, 0) is 11.6 Å². The minimum absolute atomic E-state index is 0.0916. The number of rotatable bonds is 3. The van der Waals surface area contributed by atoms with Crippen molar-refractivity contribution in [2.45, 2.75) is 30.9 Å². The average molecular weight is 308 g/mol. The zero-order valence-corrected chi connectivity index (χ0v) is 13.4. The van der Waals surface area contributed by atoms with E-state index in [1.165, 1.54) is 11.1 Å². The SMILES string of the molecule is NCC1c2ccccc2OC12CCN(Cc1ccccc1)CC2. The molecular formula is C20H24N2O. The summed E-state index contributed by atoms with van der Waals surface area (Å²) >= 11 is 0. The van der Waals surface area contributed by atoms with Gasteiger partial charge in [-0.25, -0.2) is 0 Å². The van der Waals surface area contributed by atoms with E-state index in [1.807, 2.05) is 0 Å². The molecule has 1 unspecified atom stereocenters. The fraction of sp³-hybridized carbons (Fsp3) is 0.400. The third-order valence-corrected chi connectivity index (χ3v) is 5.43. The molecule has 1 atom stereocenters. The van der Waals surface area contributed by atoms with Crippen molar-refractivity contribution in [1.82, 2.24) is 4.90 Å². The van der Waals surface area contributed by atoms with Crippen LogP contribution in [0.1, 0.15) is 29.9 Å². The van der Waals surface area contributed by atoms with E-state index in [2.05, 4.69) is 59.5 Å². The third-order valence-electron chi connectivity index (χ3n) is 5.43. The average Bonchev–Trinajstić information content (AvgIpc) is 2.91. The maximum atomic E-state index is 6.43. The van der Waals surface area contributed by atoms with Crippen LogP contribution in [0, 0.1) is 0 Å². The molecule has 2 aromatic carbocycles. The van der Waals surface area contributed by atoms with Gasteiger partial charge < -0.3 is 10.5 Å². The summed E-state index contributed by atoms with van der Waals surface area (Å²) in [5.74, 6) is 1.37. The molecule has 1 fully saturated rings.